The van der Waals surface area contributed by atoms with Crippen LogP contribution < -0.4 is 4.90 Å². The Bertz CT molecular complexity index is 1330. The number of hydrogen-bond donors (Lipinski definition) is 0. The van der Waals surface area contributed by atoms with Gasteiger partial charge in [0.05, 0.1) is 0 Å². The van der Waals surface area contributed by atoms with Crippen molar-refractivity contribution in [3.63, 3.8) is 0 Å². The minimum Gasteiger partial charge on any atom is -0.366 e. The van der Waals surface area contributed by atoms with Crippen LogP contribution in [-0.4, -0.2) is 35.3 Å². The van der Waals surface area contributed by atoms with Crippen molar-refractivity contribution in [3.8, 4) is 6.07 Å². The van der Waals surface area contributed by atoms with Gasteiger partial charge in [-0.3, -0.25) is 14.5 Å². The molecule has 0 bridgehead atoms. The third-order valence-electron chi connectivity index (χ3n) is 10.1. The van der Waals surface area contributed by atoms with Gasteiger partial charge in [0.2, 0.25) is 0 Å². The first-order chi connectivity index (χ1) is 20.9. The van der Waals surface area contributed by atoms with E-state index in [-0.39, 0.29) is 22.9 Å². The number of benzene rings is 1. The Morgan fingerprint density at radius 3 is 2.16 bits per heavy atom. The molecular weight excluding hydrogens is 542 g/mol. The molecule has 5 heteroatoms. The largest absolute Gasteiger partial charge is 0.366 e. The average molecular weight is 600 g/mol. The molecule has 1 aromatic rings. The molecule has 44 heavy (non-hydrogen) atoms. The molecule has 0 spiro atoms. The van der Waals surface area contributed by atoms with Gasteiger partial charge in [-0.15, -0.1) is 0 Å². The summed E-state index contributed by atoms with van der Waals surface area (Å²) in [5.74, 6) is 0.615. The summed E-state index contributed by atoms with van der Waals surface area (Å²) in [7, 11) is 0. The van der Waals surface area contributed by atoms with E-state index in [9.17, 15) is 14.9 Å². The third kappa shape index (κ3) is 7.92. The van der Waals surface area contributed by atoms with Gasteiger partial charge in [0, 0.05) is 29.9 Å². The number of aryl methyl sites for hydroxylation is 1. The summed E-state index contributed by atoms with van der Waals surface area (Å²) in [5.41, 5.74) is 6.14. The zero-order valence-corrected chi connectivity index (χ0v) is 29.1. The Hall–Kier alpha value is -3.13. The molecule has 0 N–H and O–H groups in total. The Labute approximate surface area is 268 Å². The van der Waals surface area contributed by atoms with Crippen molar-refractivity contribution in [2.45, 2.75) is 132 Å². The van der Waals surface area contributed by atoms with Gasteiger partial charge in [0.15, 0.2) is 0 Å². The van der Waals surface area contributed by atoms with Gasteiger partial charge < -0.3 is 4.90 Å². The summed E-state index contributed by atoms with van der Waals surface area (Å²) >= 11 is 0. The number of fused-ring (bicyclic) bond motifs is 1. The van der Waals surface area contributed by atoms with Gasteiger partial charge in [-0.05, 0) is 105 Å². The fraction of sp³-hybridized carbons (Fsp3) is 0.615. The van der Waals surface area contributed by atoms with Crippen LogP contribution in [0.15, 0.2) is 41.0 Å². The Balaban J connectivity index is 1.95. The second-order valence-corrected chi connectivity index (χ2v) is 13.9. The van der Waals surface area contributed by atoms with Crippen LogP contribution in [-0.2, 0) is 9.59 Å². The molecule has 5 nitrogen and oxygen atoms in total. The molecule has 2 aliphatic heterocycles. The van der Waals surface area contributed by atoms with Crippen LogP contribution >= 0.6 is 0 Å². The van der Waals surface area contributed by atoms with Crippen molar-refractivity contribution in [2.24, 2.45) is 11.8 Å². The number of unbranched alkanes of at least 4 members (excludes halogenated alkanes) is 2. The number of rotatable bonds is 14. The summed E-state index contributed by atoms with van der Waals surface area (Å²) in [4.78, 5) is 30.7. The summed E-state index contributed by atoms with van der Waals surface area (Å²) in [6, 6.07) is 6.77. The average Bonchev–Trinajstić information content (AvgIpc) is 2.98. The molecule has 1 aromatic carbocycles. The van der Waals surface area contributed by atoms with Crippen LogP contribution in [0, 0.1) is 30.1 Å². The van der Waals surface area contributed by atoms with Crippen LogP contribution in [0.5, 0.6) is 0 Å². The van der Waals surface area contributed by atoms with E-state index in [0.717, 1.165) is 44.2 Å². The SMILES string of the molecule is CCCCC(CC)CN1C(=O)C(C#N)=C(C)/C(=C\C=C\c2cc3c(cc2C)N(CC(CC)CCCC)C(C)(C)CC3C)C1=O. The molecular formula is C39H57N3O2. The lowest BCUT2D eigenvalue weighted by atomic mass is 9.78. The molecule has 0 saturated carbocycles. The van der Waals surface area contributed by atoms with E-state index in [4.69, 9.17) is 0 Å². The molecule has 3 rings (SSSR count). The quantitative estimate of drug-likeness (QED) is 0.158. The normalized spacial score (nSPS) is 20.8. The molecule has 3 unspecified atom stereocenters. The number of allylic oxidation sites excluding steroid dienone is 2. The predicted octanol–water partition coefficient (Wildman–Crippen LogP) is 9.67. The topological polar surface area (TPSA) is 64.4 Å². The highest BCUT2D eigenvalue weighted by atomic mass is 16.2. The maximum absolute atomic E-state index is 13.6. The molecule has 0 radical (unpaired) electrons. The number of carbonyl (C=O) groups is 2. The number of imide groups is 1. The third-order valence-corrected chi connectivity index (χ3v) is 10.1. The molecule has 240 valence electrons. The Morgan fingerprint density at radius 2 is 1.59 bits per heavy atom. The van der Waals surface area contributed by atoms with Crippen LogP contribution in [0.2, 0.25) is 0 Å². The molecule has 3 atom stereocenters. The number of nitriles is 1. The number of anilines is 1. The summed E-state index contributed by atoms with van der Waals surface area (Å²) in [5, 5.41) is 9.82. The monoisotopic (exact) mass is 599 g/mol. The van der Waals surface area contributed by atoms with Gasteiger partial charge >= 0.3 is 0 Å². The zero-order chi connectivity index (χ0) is 32.6. The number of nitrogens with zero attached hydrogens (tertiary/aromatic N) is 3. The predicted molar refractivity (Wildman–Crippen MR) is 184 cm³/mol. The van der Waals surface area contributed by atoms with Gasteiger partial charge in [0.1, 0.15) is 11.6 Å². The van der Waals surface area contributed by atoms with Crippen molar-refractivity contribution in [1.29, 1.82) is 5.26 Å². The van der Waals surface area contributed by atoms with Gasteiger partial charge in [0.25, 0.3) is 11.8 Å². The molecule has 2 aliphatic rings. The van der Waals surface area contributed by atoms with Gasteiger partial charge in [-0.1, -0.05) is 85.3 Å². The zero-order valence-electron chi connectivity index (χ0n) is 29.1. The van der Waals surface area contributed by atoms with Crippen molar-refractivity contribution in [3.05, 3.63) is 57.7 Å². The second-order valence-electron chi connectivity index (χ2n) is 13.9. The highest BCUT2D eigenvalue weighted by molar-refractivity contribution is 6.18. The summed E-state index contributed by atoms with van der Waals surface area (Å²) in [6.07, 6.45) is 15.9. The fourth-order valence-electron chi connectivity index (χ4n) is 7.10. The molecule has 2 amide bonds. The van der Waals surface area contributed by atoms with E-state index in [1.807, 2.05) is 6.08 Å². The maximum Gasteiger partial charge on any atom is 0.271 e. The van der Waals surface area contributed by atoms with E-state index < -0.39 is 5.91 Å². The Morgan fingerprint density at radius 1 is 0.977 bits per heavy atom. The van der Waals surface area contributed by atoms with E-state index in [1.54, 1.807) is 13.0 Å². The minimum absolute atomic E-state index is 0.0698. The Kier molecular flexibility index (Phi) is 12.6. The molecule has 0 aromatic heterocycles. The molecule has 0 saturated heterocycles. The maximum atomic E-state index is 13.6. The first kappa shape index (κ1) is 35.4. The number of carbonyl (C=O) groups excluding carboxylic acids is 2. The number of hydrogen-bond acceptors (Lipinski definition) is 4. The second kappa shape index (κ2) is 15.7. The standard InChI is InChI=1S/C39H57N3O2/c1-10-14-17-30(12-3)25-41-37(43)33(29(7)35(24-40)38(41)44)20-16-19-32-22-34-28(6)23-39(8,9)42(36(34)21-27(32)5)26-31(13-4)18-15-11-2/h16,19-22,28,30-31H,10-15,17-18,23,25-26H2,1-9H3/b19-16+,33-20+. The number of amides is 2. The molecule has 2 heterocycles. The first-order valence-electron chi connectivity index (χ1n) is 17.2. The lowest BCUT2D eigenvalue weighted by Gasteiger charge is -2.49. The van der Waals surface area contributed by atoms with Crippen LogP contribution in [0.1, 0.15) is 136 Å². The van der Waals surface area contributed by atoms with E-state index >= 15 is 0 Å². The highest BCUT2D eigenvalue weighted by Crippen LogP contribution is 2.45. The van der Waals surface area contributed by atoms with E-state index in [0.29, 0.717) is 29.5 Å². The van der Waals surface area contributed by atoms with Crippen molar-refractivity contribution >= 4 is 23.6 Å². The molecule has 0 fully saturated rings. The minimum atomic E-state index is -0.460. The first-order valence-corrected chi connectivity index (χ1v) is 17.2. The highest BCUT2D eigenvalue weighted by Gasteiger charge is 2.38. The fourth-order valence-corrected chi connectivity index (χ4v) is 7.10. The van der Waals surface area contributed by atoms with Gasteiger partial charge in [-0.2, -0.15) is 5.26 Å². The smallest absolute Gasteiger partial charge is 0.271 e. The van der Waals surface area contributed by atoms with Crippen LogP contribution in [0.25, 0.3) is 6.08 Å². The van der Waals surface area contributed by atoms with Crippen molar-refractivity contribution in [1.82, 2.24) is 4.90 Å². The van der Waals surface area contributed by atoms with Crippen molar-refractivity contribution in [2.75, 3.05) is 18.0 Å². The molecule has 0 aliphatic carbocycles. The summed E-state index contributed by atoms with van der Waals surface area (Å²) in [6.45, 7) is 21.3. The van der Waals surface area contributed by atoms with Crippen LogP contribution in [0.3, 0.4) is 0 Å². The lowest BCUT2D eigenvalue weighted by Crippen LogP contribution is -2.50. The summed E-state index contributed by atoms with van der Waals surface area (Å²) < 4.78 is 0. The van der Waals surface area contributed by atoms with E-state index in [2.05, 4.69) is 84.6 Å². The van der Waals surface area contributed by atoms with Crippen molar-refractivity contribution < 1.29 is 9.59 Å². The van der Waals surface area contributed by atoms with Gasteiger partial charge in [-0.25, -0.2) is 0 Å². The van der Waals surface area contributed by atoms with Crippen LogP contribution in [0.4, 0.5) is 5.69 Å². The van der Waals surface area contributed by atoms with E-state index in [1.165, 1.54) is 47.4 Å². The lowest BCUT2D eigenvalue weighted by molar-refractivity contribution is -0.141.